The third-order valence-corrected chi connectivity index (χ3v) is 4.21. The number of benzene rings is 2. The second-order valence-electron chi connectivity index (χ2n) is 5.79. The van der Waals surface area contributed by atoms with Crippen molar-refractivity contribution in [3.05, 3.63) is 69.7 Å². The van der Waals surface area contributed by atoms with Gasteiger partial charge in [-0.25, -0.2) is 5.48 Å². The summed E-state index contributed by atoms with van der Waals surface area (Å²) in [7, 11) is 0. The Bertz CT molecular complexity index is 696. The molecule has 0 fully saturated rings. The van der Waals surface area contributed by atoms with Crippen LogP contribution in [0.25, 0.3) is 5.57 Å². The van der Waals surface area contributed by atoms with Crippen molar-refractivity contribution in [3.8, 4) is 5.75 Å². The SMILES string of the molecule is CCCC/C(=C/CNO)c1cccc(OCc2cc(Cl)cc(Cl)c2)c1. The summed E-state index contributed by atoms with van der Waals surface area (Å²) in [5.41, 5.74) is 5.40. The number of hydroxylamine groups is 1. The maximum Gasteiger partial charge on any atom is 0.120 e. The van der Waals surface area contributed by atoms with Crippen LogP contribution in [0.2, 0.25) is 10.0 Å². The standard InChI is InChI=1S/C20H23Cl2NO2/c1-2-3-5-16(8-9-23-24)17-6-4-7-20(12-17)25-14-15-10-18(21)13-19(22)11-15/h4,6-8,10-13,23-24H,2-3,5,9,14H2,1H3/b16-8-. The topological polar surface area (TPSA) is 41.5 Å². The first-order chi connectivity index (χ1) is 12.1. The lowest BCUT2D eigenvalue weighted by Crippen LogP contribution is -2.06. The molecule has 0 aliphatic carbocycles. The molecule has 134 valence electrons. The highest BCUT2D eigenvalue weighted by Crippen LogP contribution is 2.26. The summed E-state index contributed by atoms with van der Waals surface area (Å²) in [4.78, 5) is 0. The van der Waals surface area contributed by atoms with Crippen molar-refractivity contribution < 1.29 is 9.94 Å². The molecule has 0 bridgehead atoms. The van der Waals surface area contributed by atoms with Crippen LogP contribution in [0, 0.1) is 0 Å². The minimum Gasteiger partial charge on any atom is -0.489 e. The van der Waals surface area contributed by atoms with Gasteiger partial charge in [0.2, 0.25) is 0 Å². The van der Waals surface area contributed by atoms with Crippen LogP contribution in [0.15, 0.2) is 48.5 Å². The van der Waals surface area contributed by atoms with Gasteiger partial charge in [0.1, 0.15) is 12.4 Å². The summed E-state index contributed by atoms with van der Waals surface area (Å²) in [6.07, 6.45) is 5.19. The summed E-state index contributed by atoms with van der Waals surface area (Å²) in [6.45, 7) is 2.98. The lowest BCUT2D eigenvalue weighted by atomic mass is 9.99. The fourth-order valence-corrected chi connectivity index (χ4v) is 3.12. The van der Waals surface area contributed by atoms with E-state index in [1.165, 1.54) is 5.57 Å². The fraction of sp³-hybridized carbons (Fsp3) is 0.300. The molecule has 0 amide bonds. The molecular weight excluding hydrogens is 357 g/mol. The zero-order valence-electron chi connectivity index (χ0n) is 14.3. The minimum atomic E-state index is 0.399. The van der Waals surface area contributed by atoms with Crippen LogP contribution < -0.4 is 10.2 Å². The Labute approximate surface area is 159 Å². The molecule has 0 saturated carbocycles. The van der Waals surface area contributed by atoms with Crippen LogP contribution >= 0.6 is 23.2 Å². The molecule has 0 radical (unpaired) electrons. The van der Waals surface area contributed by atoms with Gasteiger partial charge in [-0.3, -0.25) is 0 Å². The summed E-state index contributed by atoms with van der Waals surface area (Å²) in [5, 5.41) is 10.1. The lowest BCUT2D eigenvalue weighted by Gasteiger charge is -2.11. The van der Waals surface area contributed by atoms with Crippen LogP contribution in [-0.4, -0.2) is 11.8 Å². The van der Waals surface area contributed by atoms with Crippen LogP contribution in [0.4, 0.5) is 0 Å². The van der Waals surface area contributed by atoms with Gasteiger partial charge in [0.15, 0.2) is 0 Å². The van der Waals surface area contributed by atoms with Crippen LogP contribution in [-0.2, 0) is 6.61 Å². The predicted molar refractivity (Wildman–Crippen MR) is 105 cm³/mol. The van der Waals surface area contributed by atoms with Crippen molar-refractivity contribution >= 4 is 28.8 Å². The zero-order valence-corrected chi connectivity index (χ0v) is 15.8. The molecule has 2 aromatic rings. The second-order valence-corrected chi connectivity index (χ2v) is 6.66. The average molecular weight is 380 g/mol. The number of nitrogens with one attached hydrogen (secondary N) is 1. The van der Waals surface area contributed by atoms with E-state index in [1.807, 2.05) is 36.4 Å². The van der Waals surface area contributed by atoms with Crippen molar-refractivity contribution in [2.75, 3.05) is 6.54 Å². The monoisotopic (exact) mass is 379 g/mol. The molecule has 0 saturated heterocycles. The molecule has 5 heteroatoms. The van der Waals surface area contributed by atoms with Crippen molar-refractivity contribution in [1.29, 1.82) is 0 Å². The van der Waals surface area contributed by atoms with Gasteiger partial charge < -0.3 is 9.94 Å². The molecule has 2 rings (SSSR count). The zero-order chi connectivity index (χ0) is 18.1. The number of rotatable bonds is 9. The molecule has 25 heavy (non-hydrogen) atoms. The Morgan fingerprint density at radius 3 is 2.60 bits per heavy atom. The molecule has 3 nitrogen and oxygen atoms in total. The number of unbranched alkanes of at least 4 members (excludes halogenated alkanes) is 1. The van der Waals surface area contributed by atoms with E-state index in [9.17, 15) is 0 Å². The van der Waals surface area contributed by atoms with Gasteiger partial charge in [-0.1, -0.05) is 54.8 Å². The Hall–Kier alpha value is -1.52. The molecule has 0 aliphatic heterocycles. The van der Waals surface area contributed by atoms with E-state index in [1.54, 1.807) is 6.07 Å². The molecule has 0 aromatic heterocycles. The van der Waals surface area contributed by atoms with E-state index in [-0.39, 0.29) is 0 Å². The molecule has 0 unspecified atom stereocenters. The van der Waals surface area contributed by atoms with E-state index in [2.05, 4.69) is 18.5 Å². The van der Waals surface area contributed by atoms with Gasteiger partial charge in [0.25, 0.3) is 0 Å². The van der Waals surface area contributed by atoms with Gasteiger partial charge in [-0.05, 0) is 59.9 Å². The number of halogens is 2. The third-order valence-electron chi connectivity index (χ3n) is 3.77. The van der Waals surface area contributed by atoms with E-state index >= 15 is 0 Å². The maximum atomic E-state index is 8.86. The number of ether oxygens (including phenoxy) is 1. The Morgan fingerprint density at radius 2 is 1.92 bits per heavy atom. The molecule has 0 spiro atoms. The molecule has 2 N–H and O–H groups in total. The summed E-state index contributed by atoms with van der Waals surface area (Å²) in [5.74, 6) is 0.785. The lowest BCUT2D eigenvalue weighted by molar-refractivity contribution is 0.179. The number of hydrogen-bond donors (Lipinski definition) is 2. The van der Waals surface area contributed by atoms with Gasteiger partial charge in [0, 0.05) is 16.6 Å². The smallest absolute Gasteiger partial charge is 0.120 e. The highest BCUT2D eigenvalue weighted by molar-refractivity contribution is 6.34. The van der Waals surface area contributed by atoms with Gasteiger partial charge >= 0.3 is 0 Å². The summed E-state index contributed by atoms with van der Waals surface area (Å²) in [6, 6.07) is 13.4. The molecule has 0 atom stereocenters. The minimum absolute atomic E-state index is 0.399. The van der Waals surface area contributed by atoms with E-state index in [0.717, 1.165) is 36.1 Å². The van der Waals surface area contributed by atoms with Gasteiger partial charge in [-0.2, -0.15) is 0 Å². The first kappa shape index (κ1) is 19.8. The maximum absolute atomic E-state index is 8.86. The summed E-state index contributed by atoms with van der Waals surface area (Å²) >= 11 is 12.0. The van der Waals surface area contributed by atoms with Crippen molar-refractivity contribution in [2.45, 2.75) is 32.8 Å². The molecule has 0 aliphatic rings. The fourth-order valence-electron chi connectivity index (χ4n) is 2.55. The first-order valence-electron chi connectivity index (χ1n) is 8.36. The van der Waals surface area contributed by atoms with Gasteiger partial charge in [-0.15, -0.1) is 0 Å². The normalized spacial score (nSPS) is 11.6. The van der Waals surface area contributed by atoms with Gasteiger partial charge in [0.05, 0.1) is 0 Å². The third kappa shape index (κ3) is 6.71. The highest BCUT2D eigenvalue weighted by atomic mass is 35.5. The van der Waals surface area contributed by atoms with E-state index in [0.29, 0.717) is 23.2 Å². The largest absolute Gasteiger partial charge is 0.489 e. The predicted octanol–water partition coefficient (Wildman–Crippen LogP) is 6.12. The Morgan fingerprint density at radius 1 is 1.16 bits per heavy atom. The number of allylic oxidation sites excluding steroid dienone is 1. The average Bonchev–Trinajstić information content (AvgIpc) is 2.59. The van der Waals surface area contributed by atoms with Crippen LogP contribution in [0.1, 0.15) is 37.3 Å². The second kappa shape index (κ2) is 10.5. The first-order valence-corrected chi connectivity index (χ1v) is 9.12. The Kier molecular flexibility index (Phi) is 8.29. The van der Waals surface area contributed by atoms with Crippen molar-refractivity contribution in [3.63, 3.8) is 0 Å². The van der Waals surface area contributed by atoms with E-state index in [4.69, 9.17) is 33.1 Å². The number of hydrogen-bond acceptors (Lipinski definition) is 3. The van der Waals surface area contributed by atoms with Crippen molar-refractivity contribution in [2.24, 2.45) is 0 Å². The molecular formula is C20H23Cl2NO2. The van der Waals surface area contributed by atoms with E-state index < -0.39 is 0 Å². The van der Waals surface area contributed by atoms with Crippen LogP contribution in [0.5, 0.6) is 5.75 Å². The Balaban J connectivity index is 2.10. The highest BCUT2D eigenvalue weighted by Gasteiger charge is 2.05. The molecule has 0 heterocycles. The molecule has 2 aromatic carbocycles. The summed E-state index contributed by atoms with van der Waals surface area (Å²) < 4.78 is 5.89. The van der Waals surface area contributed by atoms with Crippen LogP contribution in [0.3, 0.4) is 0 Å². The van der Waals surface area contributed by atoms with Crippen molar-refractivity contribution in [1.82, 2.24) is 5.48 Å². The quantitative estimate of drug-likeness (QED) is 0.515.